The van der Waals surface area contributed by atoms with Gasteiger partial charge in [0.2, 0.25) is 0 Å². The minimum atomic E-state index is -0.601. The summed E-state index contributed by atoms with van der Waals surface area (Å²) in [5.41, 5.74) is 1.81. The van der Waals surface area contributed by atoms with E-state index in [2.05, 4.69) is 0 Å². The highest BCUT2D eigenvalue weighted by molar-refractivity contribution is 5.27. The molecule has 0 heterocycles. The van der Waals surface area contributed by atoms with Crippen LogP contribution >= 0.6 is 0 Å². The Balaban J connectivity index is 2.75. The van der Waals surface area contributed by atoms with Crippen LogP contribution in [0.4, 0.5) is 4.39 Å². The van der Waals surface area contributed by atoms with Crippen molar-refractivity contribution in [3.05, 3.63) is 35.1 Å². The fourth-order valence-corrected chi connectivity index (χ4v) is 1.41. The molecule has 0 fully saturated rings. The molecule has 2 atom stereocenters. The van der Waals surface area contributed by atoms with Crippen LogP contribution in [0.1, 0.15) is 18.1 Å². The topological polar surface area (TPSA) is 29.5 Å². The molecule has 2 nitrogen and oxygen atoms in total. The summed E-state index contributed by atoms with van der Waals surface area (Å²) in [5, 5.41) is 9.74. The molecule has 1 N–H and O–H groups in total. The van der Waals surface area contributed by atoms with Crippen LogP contribution < -0.4 is 0 Å². The lowest BCUT2D eigenvalue weighted by molar-refractivity contribution is 0.000316. The molecule has 0 saturated heterocycles. The number of aryl methyl sites for hydroxylation is 1. The highest BCUT2D eigenvalue weighted by Crippen LogP contribution is 2.14. The van der Waals surface area contributed by atoms with Crippen LogP contribution in [0.25, 0.3) is 0 Å². The second kappa shape index (κ2) is 5.24. The number of hydrogen-bond donors (Lipinski definition) is 1. The largest absolute Gasteiger partial charge is 0.390 e. The second-order valence-electron chi connectivity index (χ2n) is 3.78. The van der Waals surface area contributed by atoms with Crippen molar-refractivity contribution in [2.75, 3.05) is 7.11 Å². The first-order chi connectivity index (χ1) is 7.04. The molecule has 0 amide bonds. The normalized spacial score (nSPS) is 15.0. The van der Waals surface area contributed by atoms with E-state index in [1.807, 2.05) is 6.92 Å². The van der Waals surface area contributed by atoms with E-state index in [1.54, 1.807) is 20.1 Å². The average molecular weight is 212 g/mol. The fraction of sp³-hybridized carbons (Fsp3) is 0.500. The molecule has 1 rings (SSSR count). The van der Waals surface area contributed by atoms with E-state index in [4.69, 9.17) is 4.74 Å². The number of aliphatic hydroxyl groups is 1. The number of halogens is 1. The zero-order chi connectivity index (χ0) is 11.4. The maximum absolute atomic E-state index is 13.0. The van der Waals surface area contributed by atoms with E-state index in [0.717, 1.165) is 11.1 Å². The highest BCUT2D eigenvalue weighted by Gasteiger charge is 2.15. The van der Waals surface area contributed by atoms with Crippen molar-refractivity contribution < 1.29 is 14.2 Å². The molecule has 0 bridgehead atoms. The van der Waals surface area contributed by atoms with E-state index in [0.29, 0.717) is 6.42 Å². The number of methoxy groups -OCH3 is 1. The predicted octanol–water partition coefficient (Wildman–Crippen LogP) is 2.07. The van der Waals surface area contributed by atoms with Gasteiger partial charge in [-0.2, -0.15) is 0 Å². The summed E-state index contributed by atoms with van der Waals surface area (Å²) in [5.74, 6) is -0.270. The summed E-state index contributed by atoms with van der Waals surface area (Å²) in [6, 6.07) is 4.60. The smallest absolute Gasteiger partial charge is 0.123 e. The van der Waals surface area contributed by atoms with Gasteiger partial charge in [-0.15, -0.1) is 0 Å². The summed E-state index contributed by atoms with van der Waals surface area (Å²) in [4.78, 5) is 0. The zero-order valence-corrected chi connectivity index (χ0v) is 9.33. The minimum absolute atomic E-state index is 0.243. The van der Waals surface area contributed by atoms with Crippen LogP contribution in [0.5, 0.6) is 0 Å². The summed E-state index contributed by atoms with van der Waals surface area (Å²) in [7, 11) is 1.55. The van der Waals surface area contributed by atoms with Crippen molar-refractivity contribution in [1.82, 2.24) is 0 Å². The molecule has 1 aromatic carbocycles. The van der Waals surface area contributed by atoms with Crippen LogP contribution in [0, 0.1) is 12.7 Å². The molecule has 0 radical (unpaired) electrons. The van der Waals surface area contributed by atoms with Crippen molar-refractivity contribution in [3.63, 3.8) is 0 Å². The van der Waals surface area contributed by atoms with E-state index in [1.165, 1.54) is 12.1 Å². The van der Waals surface area contributed by atoms with Gasteiger partial charge in [-0.3, -0.25) is 0 Å². The molecule has 0 aromatic heterocycles. The molecule has 3 heteroatoms. The van der Waals surface area contributed by atoms with Gasteiger partial charge >= 0.3 is 0 Å². The Hall–Kier alpha value is -0.930. The van der Waals surface area contributed by atoms with Crippen LogP contribution in [-0.4, -0.2) is 24.4 Å². The first kappa shape index (κ1) is 12.1. The highest BCUT2D eigenvalue weighted by atomic mass is 19.1. The summed E-state index contributed by atoms with van der Waals surface area (Å²) in [6.45, 7) is 3.69. The Morgan fingerprint density at radius 3 is 2.73 bits per heavy atom. The van der Waals surface area contributed by atoms with Crippen LogP contribution in [0.15, 0.2) is 18.2 Å². The Bertz CT molecular complexity index is 325. The van der Waals surface area contributed by atoms with Crippen molar-refractivity contribution in [1.29, 1.82) is 0 Å². The quantitative estimate of drug-likeness (QED) is 0.828. The number of hydrogen-bond acceptors (Lipinski definition) is 2. The SMILES string of the molecule is COC(C)C(O)Cc1cc(F)ccc1C. The number of aliphatic hydroxyl groups excluding tert-OH is 1. The second-order valence-corrected chi connectivity index (χ2v) is 3.78. The standard InChI is InChI=1S/C12H17FO2/c1-8-4-5-11(13)6-10(8)7-12(14)9(2)15-3/h4-6,9,12,14H,7H2,1-3H3. The Labute approximate surface area is 89.7 Å². The molecule has 0 spiro atoms. The van der Waals surface area contributed by atoms with Gasteiger partial charge in [0.25, 0.3) is 0 Å². The van der Waals surface area contributed by atoms with Crippen LogP contribution in [0.2, 0.25) is 0 Å². The van der Waals surface area contributed by atoms with Gasteiger partial charge in [0.1, 0.15) is 5.82 Å². The Kier molecular flexibility index (Phi) is 4.24. The lowest BCUT2D eigenvalue weighted by atomic mass is 10.0. The van der Waals surface area contributed by atoms with Gasteiger partial charge in [-0.1, -0.05) is 6.07 Å². The third-order valence-corrected chi connectivity index (χ3v) is 2.65. The number of rotatable bonds is 4. The Morgan fingerprint density at radius 1 is 1.47 bits per heavy atom. The Morgan fingerprint density at radius 2 is 2.13 bits per heavy atom. The lowest BCUT2D eigenvalue weighted by Crippen LogP contribution is -2.27. The van der Waals surface area contributed by atoms with Crippen LogP contribution in [-0.2, 0) is 11.2 Å². The molecule has 0 aliphatic rings. The molecule has 0 aliphatic carbocycles. The third-order valence-electron chi connectivity index (χ3n) is 2.65. The van der Waals surface area contributed by atoms with Crippen LogP contribution in [0.3, 0.4) is 0 Å². The molecular formula is C12H17FO2. The van der Waals surface area contributed by atoms with Crippen molar-refractivity contribution in [2.45, 2.75) is 32.5 Å². The van der Waals surface area contributed by atoms with E-state index >= 15 is 0 Å². The van der Waals surface area contributed by atoms with E-state index < -0.39 is 6.10 Å². The maximum Gasteiger partial charge on any atom is 0.123 e. The van der Waals surface area contributed by atoms with Gasteiger partial charge in [0, 0.05) is 13.5 Å². The molecule has 1 aromatic rings. The minimum Gasteiger partial charge on any atom is -0.390 e. The molecular weight excluding hydrogens is 195 g/mol. The first-order valence-electron chi connectivity index (χ1n) is 5.00. The monoisotopic (exact) mass is 212 g/mol. The van der Waals surface area contributed by atoms with E-state index in [-0.39, 0.29) is 11.9 Å². The fourth-order valence-electron chi connectivity index (χ4n) is 1.41. The van der Waals surface area contributed by atoms with Gasteiger partial charge in [0.15, 0.2) is 0 Å². The third kappa shape index (κ3) is 3.29. The van der Waals surface area contributed by atoms with Gasteiger partial charge in [-0.25, -0.2) is 4.39 Å². The van der Waals surface area contributed by atoms with Gasteiger partial charge < -0.3 is 9.84 Å². The molecule has 0 saturated carbocycles. The van der Waals surface area contributed by atoms with Crippen molar-refractivity contribution in [2.24, 2.45) is 0 Å². The lowest BCUT2D eigenvalue weighted by Gasteiger charge is -2.18. The summed E-state index contributed by atoms with van der Waals surface area (Å²) < 4.78 is 18.0. The maximum atomic E-state index is 13.0. The van der Waals surface area contributed by atoms with Crippen molar-refractivity contribution in [3.8, 4) is 0 Å². The van der Waals surface area contributed by atoms with Crippen molar-refractivity contribution >= 4 is 0 Å². The molecule has 0 aliphatic heterocycles. The summed E-state index contributed by atoms with van der Waals surface area (Å²) >= 11 is 0. The van der Waals surface area contributed by atoms with E-state index in [9.17, 15) is 9.50 Å². The molecule has 84 valence electrons. The summed E-state index contributed by atoms with van der Waals surface area (Å²) in [6.07, 6.45) is -0.429. The number of ether oxygens (including phenoxy) is 1. The molecule has 15 heavy (non-hydrogen) atoms. The average Bonchev–Trinajstić information content (AvgIpc) is 2.22. The zero-order valence-electron chi connectivity index (χ0n) is 9.33. The number of benzene rings is 1. The van der Waals surface area contributed by atoms with Gasteiger partial charge in [0.05, 0.1) is 12.2 Å². The molecule has 2 unspecified atom stereocenters. The predicted molar refractivity (Wildman–Crippen MR) is 57.3 cm³/mol. The first-order valence-corrected chi connectivity index (χ1v) is 5.00. The van der Waals surface area contributed by atoms with Gasteiger partial charge in [-0.05, 0) is 37.1 Å².